The Labute approximate surface area is 142 Å². The van der Waals surface area contributed by atoms with Crippen molar-refractivity contribution in [2.75, 3.05) is 5.32 Å². The molecule has 23 heavy (non-hydrogen) atoms. The summed E-state index contributed by atoms with van der Waals surface area (Å²) in [6.45, 7) is -0.0685. The van der Waals surface area contributed by atoms with Crippen LogP contribution in [-0.2, 0) is 6.61 Å². The lowest BCUT2D eigenvalue weighted by Gasteiger charge is -2.04. The minimum atomic E-state index is -0.240. The Morgan fingerprint density at radius 2 is 2.04 bits per heavy atom. The van der Waals surface area contributed by atoms with Crippen LogP contribution < -0.4 is 5.32 Å². The van der Waals surface area contributed by atoms with Gasteiger partial charge in [0, 0.05) is 11.3 Å². The van der Waals surface area contributed by atoms with E-state index in [4.69, 9.17) is 16.7 Å². The van der Waals surface area contributed by atoms with Gasteiger partial charge in [0.15, 0.2) is 0 Å². The molecule has 1 heterocycles. The average Bonchev–Trinajstić information content (AvgIpc) is 3.05. The normalized spacial score (nSPS) is 10.5. The highest BCUT2D eigenvalue weighted by Crippen LogP contribution is 2.31. The van der Waals surface area contributed by atoms with Gasteiger partial charge in [-0.25, -0.2) is 4.98 Å². The molecule has 0 aliphatic rings. The smallest absolute Gasteiger partial charge is 0.267 e. The van der Waals surface area contributed by atoms with Crippen molar-refractivity contribution in [1.29, 1.82) is 0 Å². The van der Waals surface area contributed by atoms with Gasteiger partial charge in [0.2, 0.25) is 0 Å². The van der Waals surface area contributed by atoms with Crippen LogP contribution in [0.3, 0.4) is 0 Å². The topological polar surface area (TPSA) is 62.2 Å². The molecule has 116 valence electrons. The zero-order chi connectivity index (χ0) is 16.2. The summed E-state index contributed by atoms with van der Waals surface area (Å²) in [5, 5.41) is 13.2. The van der Waals surface area contributed by atoms with Crippen molar-refractivity contribution in [3.05, 3.63) is 70.2 Å². The van der Waals surface area contributed by atoms with Crippen LogP contribution in [0.1, 0.15) is 15.2 Å². The molecule has 4 nitrogen and oxygen atoms in total. The maximum absolute atomic E-state index is 12.3. The highest BCUT2D eigenvalue weighted by Gasteiger charge is 2.13. The first-order valence-corrected chi connectivity index (χ1v) is 8.08. The number of thiazole rings is 1. The van der Waals surface area contributed by atoms with E-state index in [9.17, 15) is 4.79 Å². The number of nitrogens with one attached hydrogen (secondary N) is 1. The number of benzene rings is 2. The predicted molar refractivity (Wildman–Crippen MR) is 92.9 cm³/mol. The van der Waals surface area contributed by atoms with Gasteiger partial charge >= 0.3 is 0 Å². The maximum Gasteiger partial charge on any atom is 0.267 e. The van der Waals surface area contributed by atoms with Crippen LogP contribution in [0.15, 0.2) is 54.7 Å². The molecule has 0 fully saturated rings. The first-order valence-electron chi connectivity index (χ1n) is 6.89. The summed E-state index contributed by atoms with van der Waals surface area (Å²) in [7, 11) is 0. The first-order chi connectivity index (χ1) is 11.2. The van der Waals surface area contributed by atoms with E-state index in [1.807, 2.05) is 18.2 Å². The van der Waals surface area contributed by atoms with Gasteiger partial charge in [-0.3, -0.25) is 4.79 Å². The van der Waals surface area contributed by atoms with Crippen molar-refractivity contribution in [2.45, 2.75) is 6.61 Å². The highest BCUT2D eigenvalue weighted by atomic mass is 35.5. The molecule has 1 aromatic heterocycles. The minimum absolute atomic E-state index is 0.0685. The number of aliphatic hydroxyl groups excluding tert-OH is 1. The largest absolute Gasteiger partial charge is 0.392 e. The second-order valence-corrected chi connectivity index (χ2v) is 6.26. The molecule has 3 aromatic rings. The molecule has 1 amide bonds. The molecule has 0 saturated heterocycles. The lowest BCUT2D eigenvalue weighted by atomic mass is 10.2. The third-order valence-corrected chi connectivity index (χ3v) is 4.56. The third-order valence-electron chi connectivity index (χ3n) is 3.20. The molecule has 0 unspecified atom stereocenters. The zero-order valence-corrected chi connectivity index (χ0v) is 13.6. The van der Waals surface area contributed by atoms with Gasteiger partial charge in [0.05, 0.1) is 17.8 Å². The molecule has 2 N–H and O–H groups in total. The number of aromatic nitrogens is 1. The third kappa shape index (κ3) is 3.59. The van der Waals surface area contributed by atoms with Gasteiger partial charge in [0.1, 0.15) is 9.88 Å². The quantitative estimate of drug-likeness (QED) is 0.745. The lowest BCUT2D eigenvalue weighted by molar-refractivity contribution is 0.103. The molecule has 0 saturated carbocycles. The maximum atomic E-state index is 12.3. The summed E-state index contributed by atoms with van der Waals surface area (Å²) >= 11 is 7.43. The number of carbonyl (C=O) groups excluding carboxylic acids is 1. The standard InChI is InChI=1S/C17H13ClN2O2S/c18-14-7-2-1-6-13(14)17-19-9-15(23-17)16(22)20-12-5-3-4-11(8-12)10-21/h1-9,21H,10H2,(H,20,22). The molecule has 2 aromatic carbocycles. The van der Waals surface area contributed by atoms with Gasteiger partial charge < -0.3 is 10.4 Å². The van der Waals surface area contributed by atoms with E-state index < -0.39 is 0 Å². The summed E-state index contributed by atoms with van der Waals surface area (Å²) in [6, 6.07) is 14.5. The number of carbonyl (C=O) groups is 1. The average molecular weight is 345 g/mol. The van der Waals surface area contributed by atoms with E-state index in [0.29, 0.717) is 20.6 Å². The van der Waals surface area contributed by atoms with Gasteiger partial charge in [-0.15, -0.1) is 11.3 Å². The number of hydrogen-bond acceptors (Lipinski definition) is 4. The summed E-state index contributed by atoms with van der Waals surface area (Å²) in [5.74, 6) is -0.240. The van der Waals surface area contributed by atoms with Crippen LogP contribution in [0.25, 0.3) is 10.6 Å². The fourth-order valence-corrected chi connectivity index (χ4v) is 3.21. The number of rotatable bonds is 4. The monoisotopic (exact) mass is 344 g/mol. The summed E-state index contributed by atoms with van der Waals surface area (Å²) < 4.78 is 0. The zero-order valence-electron chi connectivity index (χ0n) is 12.0. The van der Waals surface area contributed by atoms with E-state index in [-0.39, 0.29) is 12.5 Å². The molecule has 0 radical (unpaired) electrons. The Morgan fingerprint density at radius 1 is 1.22 bits per heavy atom. The molecular formula is C17H13ClN2O2S. The van der Waals surface area contributed by atoms with Crippen molar-refractivity contribution in [3.63, 3.8) is 0 Å². The van der Waals surface area contributed by atoms with Gasteiger partial charge in [-0.2, -0.15) is 0 Å². The fraction of sp³-hybridized carbons (Fsp3) is 0.0588. The van der Waals surface area contributed by atoms with Crippen molar-refractivity contribution >= 4 is 34.5 Å². The molecule has 0 spiro atoms. The number of amides is 1. The van der Waals surface area contributed by atoms with E-state index in [2.05, 4.69) is 10.3 Å². The van der Waals surface area contributed by atoms with E-state index >= 15 is 0 Å². The molecule has 0 atom stereocenters. The Bertz CT molecular complexity index is 848. The van der Waals surface area contributed by atoms with Crippen molar-refractivity contribution in [1.82, 2.24) is 4.98 Å². The van der Waals surface area contributed by atoms with Gasteiger partial charge in [-0.05, 0) is 23.8 Å². The Hall–Kier alpha value is -2.21. The number of aliphatic hydroxyl groups is 1. The number of nitrogens with zero attached hydrogens (tertiary/aromatic N) is 1. The Balaban J connectivity index is 1.80. The summed E-state index contributed by atoms with van der Waals surface area (Å²) in [4.78, 5) is 17.1. The van der Waals surface area contributed by atoms with Crippen molar-refractivity contribution in [3.8, 4) is 10.6 Å². The second kappa shape index (κ2) is 6.91. The fourth-order valence-electron chi connectivity index (χ4n) is 2.08. The number of anilines is 1. The highest BCUT2D eigenvalue weighted by molar-refractivity contribution is 7.17. The van der Waals surface area contributed by atoms with Gasteiger partial charge in [-0.1, -0.05) is 41.9 Å². The minimum Gasteiger partial charge on any atom is -0.392 e. The molecule has 0 aliphatic heterocycles. The van der Waals surface area contributed by atoms with E-state index in [0.717, 1.165) is 11.1 Å². The van der Waals surface area contributed by atoms with Crippen LogP contribution >= 0.6 is 22.9 Å². The number of halogens is 1. The summed E-state index contributed by atoms with van der Waals surface area (Å²) in [5.41, 5.74) is 2.18. The summed E-state index contributed by atoms with van der Waals surface area (Å²) in [6.07, 6.45) is 1.54. The van der Waals surface area contributed by atoms with Crippen LogP contribution in [0.2, 0.25) is 5.02 Å². The molecule has 6 heteroatoms. The SMILES string of the molecule is O=C(Nc1cccc(CO)c1)c1cnc(-c2ccccc2Cl)s1. The van der Waals surface area contributed by atoms with Crippen molar-refractivity contribution in [2.24, 2.45) is 0 Å². The van der Waals surface area contributed by atoms with Crippen LogP contribution in [0.4, 0.5) is 5.69 Å². The van der Waals surface area contributed by atoms with Crippen molar-refractivity contribution < 1.29 is 9.90 Å². The van der Waals surface area contributed by atoms with Crippen LogP contribution in [0.5, 0.6) is 0 Å². The van der Waals surface area contributed by atoms with Gasteiger partial charge in [0.25, 0.3) is 5.91 Å². The second-order valence-electron chi connectivity index (χ2n) is 4.82. The van der Waals surface area contributed by atoms with E-state index in [1.54, 1.807) is 30.3 Å². The van der Waals surface area contributed by atoms with E-state index in [1.165, 1.54) is 17.5 Å². The lowest BCUT2D eigenvalue weighted by Crippen LogP contribution is -2.10. The van der Waals surface area contributed by atoms with Crippen LogP contribution in [-0.4, -0.2) is 16.0 Å². The molecule has 3 rings (SSSR count). The first kappa shape index (κ1) is 15.7. The van der Waals surface area contributed by atoms with Crippen LogP contribution in [0, 0.1) is 0 Å². The predicted octanol–water partition coefficient (Wildman–Crippen LogP) is 4.21. The molecule has 0 aliphatic carbocycles. The Morgan fingerprint density at radius 3 is 2.83 bits per heavy atom. The molecular weight excluding hydrogens is 332 g/mol. The Kier molecular flexibility index (Phi) is 4.71. The number of hydrogen-bond donors (Lipinski definition) is 2. The molecule has 0 bridgehead atoms.